The molecule has 0 heterocycles. The van der Waals surface area contributed by atoms with E-state index in [9.17, 15) is 0 Å². The van der Waals surface area contributed by atoms with Gasteiger partial charge in [0.15, 0.2) is 17.4 Å². The Morgan fingerprint density at radius 3 is 0.300 bits per heavy atom. The van der Waals surface area contributed by atoms with Gasteiger partial charge in [-0.3, -0.25) is 0 Å². The normalized spacial score (nSPS) is 0. The van der Waals surface area contributed by atoms with Crippen LogP contribution in [0.1, 0.15) is 0 Å². The first-order valence-electron chi connectivity index (χ1n) is 0. The van der Waals surface area contributed by atoms with Crippen molar-refractivity contribution in [2.24, 2.45) is 0 Å². The third-order valence-electron chi connectivity index (χ3n) is 0. The summed E-state index contributed by atoms with van der Waals surface area (Å²) in [6.45, 7) is 0. The Balaban J connectivity index is 0. The Hall–Kier alpha value is 2.81. The lowest BCUT2D eigenvalue weighted by Crippen LogP contribution is -0.381. The maximum atomic E-state index is 0. The summed E-state index contributed by atoms with van der Waals surface area (Å²) >= 11 is 0. The Morgan fingerprint density at radius 1 is 0.300 bits per heavy atom. The quantitative estimate of drug-likeness (QED) is 0.597. The molecule has 0 aliphatic heterocycles. The van der Waals surface area contributed by atoms with E-state index in [0.717, 1.165) is 0 Å². The molecule has 0 bridgehead atoms. The largest absolute Gasteiger partial charge is 0.412 e. The molecular formula is H13AlCl8O. The first kappa shape index (κ1) is 226. The lowest BCUT2D eigenvalue weighted by Gasteiger charge is -0.412. The van der Waals surface area contributed by atoms with Gasteiger partial charge in [0, 0.05) is 0 Å². The van der Waals surface area contributed by atoms with Gasteiger partial charge in [-0.1, -0.05) is 0 Å². The van der Waals surface area contributed by atoms with E-state index in [1.807, 2.05) is 0 Å². The van der Waals surface area contributed by atoms with E-state index < -0.39 is 0 Å². The zero-order valence-electron chi connectivity index (χ0n) is 3.77. The zero-order chi connectivity index (χ0) is 0. The van der Waals surface area contributed by atoms with Crippen molar-refractivity contribution in [2.75, 3.05) is 0 Å². The second-order valence-corrected chi connectivity index (χ2v) is 0. The molecule has 0 radical (unpaired) electrons. The minimum absolute atomic E-state index is 0. The van der Waals surface area contributed by atoms with Crippen LogP contribution in [-0.4, -0.2) is 22.8 Å². The van der Waals surface area contributed by atoms with E-state index in [0.29, 0.717) is 0 Å². The first-order chi connectivity index (χ1) is 0. The molecule has 78 valence electrons. The fourth-order valence-corrected chi connectivity index (χ4v) is 0. The minimum atomic E-state index is 0. The molecule has 0 amide bonds. The summed E-state index contributed by atoms with van der Waals surface area (Å²) < 4.78 is 0. The van der Waals surface area contributed by atoms with Crippen LogP contribution in [0.3, 0.4) is 0 Å². The van der Waals surface area contributed by atoms with Crippen molar-refractivity contribution in [1.82, 2.24) is 0 Å². The van der Waals surface area contributed by atoms with Crippen molar-refractivity contribution in [1.29, 1.82) is 0 Å². The standard InChI is InChI=1S/Al.8ClH.H2O.3H/h;8*1H;1H2;;;. The summed E-state index contributed by atoms with van der Waals surface area (Å²) in [5, 5.41) is 0. The second kappa shape index (κ2) is 175. The smallest absolute Gasteiger partial charge is 0.187 e. The highest BCUT2D eigenvalue weighted by Gasteiger charge is 0.187. The Morgan fingerprint density at radius 2 is 0.300 bits per heavy atom. The van der Waals surface area contributed by atoms with Crippen LogP contribution in [0.4, 0.5) is 0 Å². The SMILES string of the molecule is Cl.Cl.Cl.Cl.Cl.Cl.Cl.Cl.O.[AlH3]. The fraction of sp³-hybridized carbons (Fsp3) is 0. The van der Waals surface area contributed by atoms with E-state index in [-0.39, 0.29) is 122 Å². The van der Waals surface area contributed by atoms with Crippen molar-refractivity contribution < 1.29 is 5.48 Å². The van der Waals surface area contributed by atoms with Crippen molar-refractivity contribution in [2.45, 2.75) is 0 Å². The van der Waals surface area contributed by atoms with Crippen molar-refractivity contribution in [3.63, 3.8) is 0 Å². The first-order valence-corrected chi connectivity index (χ1v) is 0. The molecule has 0 rings (SSSR count). The third-order valence-corrected chi connectivity index (χ3v) is 0. The van der Waals surface area contributed by atoms with Gasteiger partial charge in [0.2, 0.25) is 0 Å². The monoisotopic (exact) mass is 336 g/mol. The van der Waals surface area contributed by atoms with Gasteiger partial charge in [0.25, 0.3) is 0 Å². The van der Waals surface area contributed by atoms with Crippen LogP contribution >= 0.6 is 99.3 Å². The van der Waals surface area contributed by atoms with Crippen LogP contribution in [0.25, 0.3) is 0 Å². The molecule has 2 N–H and O–H groups in total. The topological polar surface area (TPSA) is 31.5 Å². The van der Waals surface area contributed by atoms with E-state index in [2.05, 4.69) is 0 Å². The number of halogens is 8. The fourth-order valence-electron chi connectivity index (χ4n) is 0. The van der Waals surface area contributed by atoms with Crippen LogP contribution < -0.4 is 0 Å². The van der Waals surface area contributed by atoms with Crippen molar-refractivity contribution in [3.05, 3.63) is 0 Å². The van der Waals surface area contributed by atoms with Gasteiger partial charge in [-0.25, -0.2) is 0 Å². The predicted molar refractivity (Wildman–Crippen MR) is 71.5 cm³/mol. The predicted octanol–water partition coefficient (Wildman–Crippen LogP) is 1.37. The van der Waals surface area contributed by atoms with Gasteiger partial charge in [-0.15, -0.1) is 99.3 Å². The minimum Gasteiger partial charge on any atom is -0.412 e. The van der Waals surface area contributed by atoms with Gasteiger partial charge < -0.3 is 5.48 Å². The van der Waals surface area contributed by atoms with Gasteiger partial charge in [-0.05, 0) is 0 Å². The molecule has 10 heteroatoms. The summed E-state index contributed by atoms with van der Waals surface area (Å²) in [6, 6.07) is 0. The molecule has 0 atom stereocenters. The zero-order valence-corrected chi connectivity index (χ0v) is 10.3. The Labute approximate surface area is 121 Å². The maximum Gasteiger partial charge on any atom is 0.187 e. The van der Waals surface area contributed by atoms with Gasteiger partial charge >= 0.3 is 0 Å². The highest BCUT2D eigenvalue weighted by molar-refractivity contribution is 5.86. The molecule has 0 spiro atoms. The average molecular weight is 340 g/mol. The van der Waals surface area contributed by atoms with Crippen LogP contribution in [0.15, 0.2) is 0 Å². The van der Waals surface area contributed by atoms with E-state index in [1.165, 1.54) is 0 Å². The molecule has 0 aliphatic carbocycles. The molecule has 0 aromatic heterocycles. The van der Waals surface area contributed by atoms with Crippen LogP contribution in [0.5, 0.6) is 0 Å². The molecule has 0 unspecified atom stereocenters. The number of rotatable bonds is 0. The second-order valence-electron chi connectivity index (χ2n) is 0. The molecule has 0 aromatic carbocycles. The molecule has 10 heavy (non-hydrogen) atoms. The van der Waals surface area contributed by atoms with Gasteiger partial charge in [-0.2, -0.15) is 0 Å². The molecule has 0 saturated heterocycles. The van der Waals surface area contributed by atoms with E-state index in [4.69, 9.17) is 0 Å². The van der Waals surface area contributed by atoms with Crippen LogP contribution in [0, 0.1) is 0 Å². The molecule has 0 aliphatic rings. The van der Waals surface area contributed by atoms with Crippen molar-refractivity contribution in [3.8, 4) is 0 Å². The van der Waals surface area contributed by atoms with Crippen LogP contribution in [-0.2, 0) is 0 Å². The Kier molecular flexibility index (Phi) is 3950. The summed E-state index contributed by atoms with van der Waals surface area (Å²) in [5.74, 6) is 0. The highest BCUT2D eigenvalue weighted by Crippen LogP contribution is 0.697. The average Bonchev–Trinajstić information content (AvgIpc) is 0. The van der Waals surface area contributed by atoms with Crippen LogP contribution in [0.2, 0.25) is 0 Å². The molecular weight excluding hydrogens is 327 g/mol. The number of hydrogen-bond donors (Lipinski definition) is 0. The lowest BCUT2D eigenvalue weighted by molar-refractivity contribution is 0.824. The summed E-state index contributed by atoms with van der Waals surface area (Å²) in [4.78, 5) is 0. The molecule has 0 fully saturated rings. The highest BCUT2D eigenvalue weighted by atomic mass is 35.5. The van der Waals surface area contributed by atoms with Gasteiger partial charge in [0.05, 0.1) is 0 Å². The maximum absolute atomic E-state index is 0. The molecule has 0 saturated carbocycles. The molecule has 0 aromatic rings. The summed E-state index contributed by atoms with van der Waals surface area (Å²) in [6.07, 6.45) is 0. The van der Waals surface area contributed by atoms with E-state index in [1.54, 1.807) is 0 Å². The summed E-state index contributed by atoms with van der Waals surface area (Å²) in [5.41, 5.74) is 0. The summed E-state index contributed by atoms with van der Waals surface area (Å²) in [7, 11) is 0. The molecule has 1 nitrogen and oxygen atoms in total. The van der Waals surface area contributed by atoms with Crippen molar-refractivity contribution >= 4 is 117 Å². The van der Waals surface area contributed by atoms with E-state index >= 15 is 0 Å². The Bertz CT molecular complexity index is 9.22. The lowest BCUT2D eigenvalue weighted by atomic mass is 16.0. The third kappa shape index (κ3) is 132. The van der Waals surface area contributed by atoms with Gasteiger partial charge in [0.1, 0.15) is 0 Å². The number of hydrogen-bond acceptors (Lipinski definition) is 0.